The Morgan fingerprint density at radius 3 is 2.61 bits per heavy atom. The number of hydrogen-bond donors (Lipinski definition) is 1. The van der Waals surface area contributed by atoms with Gasteiger partial charge in [-0.2, -0.15) is 0 Å². The van der Waals surface area contributed by atoms with E-state index in [9.17, 15) is 18.5 Å². The van der Waals surface area contributed by atoms with Crippen LogP contribution in [0.25, 0.3) is 22.2 Å². The van der Waals surface area contributed by atoms with Gasteiger partial charge < -0.3 is 5.73 Å². The van der Waals surface area contributed by atoms with Gasteiger partial charge >= 0.3 is 0 Å². The third-order valence-electron chi connectivity index (χ3n) is 4.34. The normalized spacial score (nSPS) is 11.8. The second-order valence-corrected chi connectivity index (χ2v) is 9.09. The van der Waals surface area contributed by atoms with Crippen LogP contribution in [0.1, 0.15) is 4.88 Å². The molecule has 4 aromatic rings. The molecule has 0 aliphatic heterocycles. The fourth-order valence-electron chi connectivity index (χ4n) is 3.09. The molecule has 2 aromatic heterocycles. The molecule has 142 valence electrons. The van der Waals surface area contributed by atoms with Crippen LogP contribution in [0, 0.1) is 17.0 Å². The molecule has 0 unspecified atom stereocenters. The first kappa shape index (κ1) is 18.1. The summed E-state index contributed by atoms with van der Waals surface area (Å²) in [6.07, 6.45) is 1.39. The van der Waals surface area contributed by atoms with Crippen molar-refractivity contribution in [3.05, 3.63) is 69.7 Å². The number of para-hydroxylation sites is 1. The molecule has 4 rings (SSSR count). The summed E-state index contributed by atoms with van der Waals surface area (Å²) in [6, 6.07) is 12.2. The number of benzene rings is 2. The van der Waals surface area contributed by atoms with E-state index in [1.165, 1.54) is 41.8 Å². The van der Waals surface area contributed by atoms with Crippen molar-refractivity contribution in [3.63, 3.8) is 0 Å². The monoisotopic (exact) mass is 414 g/mol. The fraction of sp³-hybridized carbons (Fsp3) is 0.0556. The molecule has 2 N–H and O–H groups in total. The SMILES string of the molecule is Cc1sc(N)nc1-c1ccc2c(ccn2S(=O)(=O)c2ccccc2[N+](=O)[O-])c1. The van der Waals surface area contributed by atoms with Crippen LogP contribution in [0.5, 0.6) is 0 Å². The minimum Gasteiger partial charge on any atom is -0.375 e. The quantitative estimate of drug-likeness (QED) is 0.400. The van der Waals surface area contributed by atoms with Crippen molar-refractivity contribution in [2.45, 2.75) is 11.8 Å². The molecular weight excluding hydrogens is 400 g/mol. The van der Waals surface area contributed by atoms with E-state index >= 15 is 0 Å². The lowest BCUT2D eigenvalue weighted by atomic mass is 10.1. The zero-order valence-electron chi connectivity index (χ0n) is 14.6. The highest BCUT2D eigenvalue weighted by molar-refractivity contribution is 7.90. The number of nitrogens with two attached hydrogens (primary N) is 1. The summed E-state index contributed by atoms with van der Waals surface area (Å²) < 4.78 is 27.2. The lowest BCUT2D eigenvalue weighted by Gasteiger charge is -2.08. The molecule has 0 spiro atoms. The molecule has 0 fully saturated rings. The van der Waals surface area contributed by atoms with E-state index in [0.717, 1.165) is 20.1 Å². The number of fused-ring (bicyclic) bond motifs is 1. The van der Waals surface area contributed by atoms with Gasteiger partial charge in [0, 0.05) is 28.1 Å². The van der Waals surface area contributed by atoms with Crippen LogP contribution in [-0.2, 0) is 10.0 Å². The maximum atomic E-state index is 13.1. The van der Waals surface area contributed by atoms with Crippen LogP contribution < -0.4 is 5.73 Å². The van der Waals surface area contributed by atoms with Crippen molar-refractivity contribution in [2.75, 3.05) is 5.73 Å². The Morgan fingerprint density at radius 1 is 1.18 bits per heavy atom. The summed E-state index contributed by atoms with van der Waals surface area (Å²) in [5.74, 6) is 0. The van der Waals surface area contributed by atoms with Crippen LogP contribution in [0.4, 0.5) is 10.8 Å². The van der Waals surface area contributed by atoms with Crippen molar-refractivity contribution >= 4 is 43.1 Å². The van der Waals surface area contributed by atoms with E-state index in [1.54, 1.807) is 18.2 Å². The van der Waals surface area contributed by atoms with Gasteiger partial charge in [-0.3, -0.25) is 10.1 Å². The smallest absolute Gasteiger partial charge is 0.289 e. The average molecular weight is 414 g/mol. The van der Waals surface area contributed by atoms with Gasteiger partial charge in [-0.15, -0.1) is 11.3 Å². The molecular formula is C18H14N4O4S2. The van der Waals surface area contributed by atoms with Crippen molar-refractivity contribution in [1.29, 1.82) is 0 Å². The van der Waals surface area contributed by atoms with Crippen LogP contribution in [-0.4, -0.2) is 22.3 Å². The number of rotatable bonds is 4. The van der Waals surface area contributed by atoms with Gasteiger partial charge in [0.25, 0.3) is 15.7 Å². The van der Waals surface area contributed by atoms with Gasteiger partial charge in [0.2, 0.25) is 0 Å². The Labute approximate surface area is 164 Å². The Hall–Kier alpha value is -3.24. The van der Waals surface area contributed by atoms with E-state index in [0.29, 0.717) is 16.0 Å². The minimum absolute atomic E-state index is 0.357. The zero-order valence-corrected chi connectivity index (χ0v) is 16.2. The molecule has 0 saturated carbocycles. The lowest BCUT2D eigenvalue weighted by molar-refractivity contribution is -0.387. The summed E-state index contributed by atoms with van der Waals surface area (Å²) in [6.45, 7) is 1.91. The van der Waals surface area contributed by atoms with Crippen LogP contribution in [0.15, 0.2) is 59.6 Å². The maximum Gasteiger partial charge on any atom is 0.289 e. The number of nitro benzene ring substituents is 1. The van der Waals surface area contributed by atoms with Gasteiger partial charge in [-0.25, -0.2) is 17.4 Å². The molecule has 0 amide bonds. The summed E-state index contributed by atoms with van der Waals surface area (Å²) >= 11 is 1.38. The van der Waals surface area contributed by atoms with Crippen molar-refractivity contribution < 1.29 is 13.3 Å². The lowest BCUT2D eigenvalue weighted by Crippen LogP contribution is -2.13. The molecule has 0 saturated heterocycles. The zero-order chi connectivity index (χ0) is 20.1. The third kappa shape index (κ3) is 2.83. The van der Waals surface area contributed by atoms with Gasteiger partial charge in [-0.05, 0) is 31.2 Å². The maximum absolute atomic E-state index is 13.1. The highest BCUT2D eigenvalue weighted by Crippen LogP contribution is 2.33. The number of aryl methyl sites for hydroxylation is 1. The Kier molecular flexibility index (Phi) is 4.16. The van der Waals surface area contributed by atoms with Crippen LogP contribution in [0.3, 0.4) is 0 Å². The van der Waals surface area contributed by atoms with Gasteiger partial charge in [0.15, 0.2) is 10.0 Å². The highest BCUT2D eigenvalue weighted by Gasteiger charge is 2.27. The van der Waals surface area contributed by atoms with Crippen molar-refractivity contribution in [1.82, 2.24) is 8.96 Å². The molecule has 2 aromatic carbocycles. The molecule has 28 heavy (non-hydrogen) atoms. The highest BCUT2D eigenvalue weighted by atomic mass is 32.2. The molecule has 0 atom stereocenters. The number of nitrogens with zero attached hydrogens (tertiary/aromatic N) is 3. The summed E-state index contributed by atoms with van der Waals surface area (Å²) in [5, 5.41) is 12.4. The first-order valence-electron chi connectivity index (χ1n) is 8.12. The number of nitro groups is 1. The fourth-order valence-corrected chi connectivity index (χ4v) is 5.32. The van der Waals surface area contributed by atoms with Crippen LogP contribution in [0.2, 0.25) is 0 Å². The summed E-state index contributed by atoms with van der Waals surface area (Å²) in [7, 11) is -4.14. The Morgan fingerprint density at radius 2 is 1.93 bits per heavy atom. The third-order valence-corrected chi connectivity index (χ3v) is 6.88. The molecule has 8 nitrogen and oxygen atoms in total. The second kappa shape index (κ2) is 6.43. The predicted octanol–water partition coefficient (Wildman–Crippen LogP) is 3.80. The molecule has 10 heteroatoms. The van der Waals surface area contributed by atoms with Crippen molar-refractivity contribution in [3.8, 4) is 11.3 Å². The van der Waals surface area contributed by atoms with Crippen molar-refractivity contribution in [2.24, 2.45) is 0 Å². The molecule has 2 heterocycles. The standard InChI is InChI=1S/C18H14N4O4S2/c1-11-17(20-18(19)27-11)13-6-7-14-12(10-13)8-9-21(14)28(25,26)16-5-3-2-4-15(16)22(23)24/h2-10H,1H3,(H2,19,20). The van der Waals surface area contributed by atoms with E-state index in [-0.39, 0.29) is 4.90 Å². The summed E-state index contributed by atoms with van der Waals surface area (Å²) in [4.78, 5) is 15.5. The van der Waals surface area contributed by atoms with Gasteiger partial charge in [0.05, 0.1) is 16.1 Å². The number of thiazole rings is 1. The molecule has 0 radical (unpaired) electrons. The largest absolute Gasteiger partial charge is 0.375 e. The predicted molar refractivity (Wildman–Crippen MR) is 108 cm³/mol. The number of hydrogen-bond acceptors (Lipinski definition) is 7. The Balaban J connectivity index is 1.87. The van der Waals surface area contributed by atoms with E-state index in [1.807, 2.05) is 13.0 Å². The molecule has 0 bridgehead atoms. The van der Waals surface area contributed by atoms with Gasteiger partial charge in [-0.1, -0.05) is 18.2 Å². The molecule has 0 aliphatic rings. The number of nitrogen functional groups attached to an aromatic ring is 1. The minimum atomic E-state index is -4.14. The number of aromatic nitrogens is 2. The van der Waals surface area contributed by atoms with Crippen LogP contribution >= 0.6 is 11.3 Å². The first-order valence-corrected chi connectivity index (χ1v) is 10.4. The number of anilines is 1. The topological polar surface area (TPSA) is 121 Å². The van der Waals surface area contributed by atoms with E-state index < -0.39 is 20.6 Å². The second-order valence-electron chi connectivity index (χ2n) is 6.07. The van der Waals surface area contributed by atoms with E-state index in [4.69, 9.17) is 5.73 Å². The van der Waals surface area contributed by atoms with E-state index in [2.05, 4.69) is 4.98 Å². The summed E-state index contributed by atoms with van der Waals surface area (Å²) in [5.41, 5.74) is 7.29. The molecule has 0 aliphatic carbocycles. The first-order chi connectivity index (χ1) is 13.3. The van der Waals surface area contributed by atoms with Gasteiger partial charge in [0.1, 0.15) is 0 Å². The average Bonchev–Trinajstić information content (AvgIpc) is 3.24. The Bertz CT molecular complexity index is 1340.